The maximum Gasteiger partial charge on any atom is 0.0449 e. The summed E-state index contributed by atoms with van der Waals surface area (Å²) >= 11 is 0. The molecule has 0 spiro atoms. The van der Waals surface area contributed by atoms with Gasteiger partial charge in [0.25, 0.3) is 0 Å². The second kappa shape index (κ2) is 4.10. The molecule has 66 valence electrons. The zero-order valence-corrected chi connectivity index (χ0v) is 7.96. The molecule has 0 atom stereocenters. The molecule has 0 aliphatic carbocycles. The summed E-state index contributed by atoms with van der Waals surface area (Å²) in [4.78, 5) is 4.28. The molecule has 0 saturated carbocycles. The monoisotopic (exact) mass is 164 g/mol. The van der Waals surface area contributed by atoms with Crippen LogP contribution >= 0.6 is 0 Å². The van der Waals surface area contributed by atoms with E-state index in [2.05, 4.69) is 37.1 Å². The minimum absolute atomic E-state index is 0.503. The summed E-state index contributed by atoms with van der Waals surface area (Å²) < 4.78 is 0. The summed E-state index contributed by atoms with van der Waals surface area (Å²) in [6.07, 6.45) is 1.85. The molecular formula is C10H16N2. The van der Waals surface area contributed by atoms with Gasteiger partial charge in [0.05, 0.1) is 0 Å². The van der Waals surface area contributed by atoms with E-state index in [9.17, 15) is 0 Å². The Morgan fingerprint density at radius 1 is 1.50 bits per heavy atom. The topological polar surface area (TPSA) is 24.9 Å². The van der Waals surface area contributed by atoms with Gasteiger partial charge in [-0.25, -0.2) is 0 Å². The van der Waals surface area contributed by atoms with E-state index in [1.165, 1.54) is 0 Å². The number of anilines is 1. The second-order valence-corrected chi connectivity index (χ2v) is 3.15. The summed E-state index contributed by atoms with van der Waals surface area (Å²) in [5.41, 5.74) is 2.31. The molecular weight excluding hydrogens is 148 g/mol. The van der Waals surface area contributed by atoms with Crippen molar-refractivity contribution < 1.29 is 0 Å². The highest BCUT2D eigenvalue weighted by Crippen LogP contribution is 2.15. The normalized spacial score (nSPS) is 10.3. The molecule has 2 heteroatoms. The average molecular weight is 164 g/mol. The van der Waals surface area contributed by atoms with Crippen LogP contribution in [0, 0.1) is 0 Å². The number of nitrogens with one attached hydrogen (secondary N) is 1. The van der Waals surface area contributed by atoms with Crippen molar-refractivity contribution in [2.45, 2.75) is 26.7 Å². The zero-order valence-electron chi connectivity index (χ0n) is 7.96. The molecule has 1 N–H and O–H groups in total. The fourth-order valence-electron chi connectivity index (χ4n) is 1.08. The zero-order chi connectivity index (χ0) is 8.97. The predicted molar refractivity (Wildman–Crippen MR) is 52.5 cm³/mol. The molecule has 2 nitrogen and oxygen atoms in total. The van der Waals surface area contributed by atoms with Crippen LogP contribution in [0.3, 0.4) is 0 Å². The molecule has 1 heterocycles. The number of nitrogens with zero attached hydrogens (tertiary/aromatic N) is 1. The quantitative estimate of drug-likeness (QED) is 0.742. The SMILES string of the molecule is CCNc1ccnc(C(C)C)c1. The van der Waals surface area contributed by atoms with Gasteiger partial charge in [0.15, 0.2) is 0 Å². The van der Waals surface area contributed by atoms with Crippen LogP contribution in [0.25, 0.3) is 0 Å². The van der Waals surface area contributed by atoms with Gasteiger partial charge in [0.2, 0.25) is 0 Å². The number of hydrogen-bond acceptors (Lipinski definition) is 2. The fourth-order valence-corrected chi connectivity index (χ4v) is 1.08. The fraction of sp³-hybridized carbons (Fsp3) is 0.500. The van der Waals surface area contributed by atoms with Crippen LogP contribution < -0.4 is 5.32 Å². The number of rotatable bonds is 3. The van der Waals surface area contributed by atoms with Crippen molar-refractivity contribution >= 4 is 5.69 Å². The molecule has 0 saturated heterocycles. The van der Waals surface area contributed by atoms with E-state index < -0.39 is 0 Å². The summed E-state index contributed by atoms with van der Waals surface area (Å²) in [5, 5.41) is 3.26. The number of pyridine rings is 1. The molecule has 0 radical (unpaired) electrons. The van der Waals surface area contributed by atoms with E-state index in [4.69, 9.17) is 0 Å². The first-order valence-corrected chi connectivity index (χ1v) is 4.44. The largest absolute Gasteiger partial charge is 0.385 e. The van der Waals surface area contributed by atoms with Crippen LogP contribution in [0.5, 0.6) is 0 Å². The van der Waals surface area contributed by atoms with Crippen LogP contribution in [0.2, 0.25) is 0 Å². The van der Waals surface area contributed by atoms with Crippen LogP contribution in [0.15, 0.2) is 18.3 Å². The minimum Gasteiger partial charge on any atom is -0.385 e. The smallest absolute Gasteiger partial charge is 0.0449 e. The van der Waals surface area contributed by atoms with Gasteiger partial charge in [-0.1, -0.05) is 13.8 Å². The van der Waals surface area contributed by atoms with E-state index in [0.717, 1.165) is 17.9 Å². The summed E-state index contributed by atoms with van der Waals surface area (Å²) in [5.74, 6) is 0.503. The third-order valence-electron chi connectivity index (χ3n) is 1.75. The molecule has 12 heavy (non-hydrogen) atoms. The Labute approximate surface area is 74.0 Å². The van der Waals surface area contributed by atoms with Crippen LogP contribution in [0.4, 0.5) is 5.69 Å². The van der Waals surface area contributed by atoms with Gasteiger partial charge in [-0.15, -0.1) is 0 Å². The highest BCUT2D eigenvalue weighted by molar-refractivity contribution is 5.43. The third kappa shape index (κ3) is 2.22. The summed E-state index contributed by atoms with van der Waals surface area (Å²) in [6, 6.07) is 4.10. The maximum absolute atomic E-state index is 4.28. The standard InChI is InChI=1S/C10H16N2/c1-4-11-9-5-6-12-10(7-9)8(2)3/h5-8H,4H2,1-3H3,(H,11,12). The van der Waals surface area contributed by atoms with Crippen LogP contribution in [-0.2, 0) is 0 Å². The Kier molecular flexibility index (Phi) is 3.09. The molecule has 1 aromatic heterocycles. The molecule has 0 aromatic carbocycles. The van der Waals surface area contributed by atoms with E-state index in [1.54, 1.807) is 0 Å². The highest BCUT2D eigenvalue weighted by atomic mass is 14.9. The molecule has 0 aliphatic heterocycles. The van der Waals surface area contributed by atoms with Gasteiger partial charge >= 0.3 is 0 Å². The molecule has 0 amide bonds. The Morgan fingerprint density at radius 2 is 2.25 bits per heavy atom. The molecule has 0 bridgehead atoms. The molecule has 1 rings (SSSR count). The van der Waals surface area contributed by atoms with Gasteiger partial charge in [-0.2, -0.15) is 0 Å². The first-order valence-electron chi connectivity index (χ1n) is 4.44. The van der Waals surface area contributed by atoms with Crippen molar-refractivity contribution in [2.75, 3.05) is 11.9 Å². The Balaban J connectivity index is 2.81. The molecule has 0 aliphatic rings. The number of hydrogen-bond donors (Lipinski definition) is 1. The van der Waals surface area contributed by atoms with Gasteiger partial charge in [0.1, 0.15) is 0 Å². The van der Waals surface area contributed by atoms with Crippen LogP contribution in [-0.4, -0.2) is 11.5 Å². The molecule has 1 aromatic rings. The molecule has 0 fully saturated rings. The lowest BCUT2D eigenvalue weighted by Crippen LogP contribution is -1.99. The van der Waals surface area contributed by atoms with Crippen molar-refractivity contribution in [3.63, 3.8) is 0 Å². The molecule has 0 unspecified atom stereocenters. The van der Waals surface area contributed by atoms with Gasteiger partial charge < -0.3 is 5.32 Å². The van der Waals surface area contributed by atoms with E-state index >= 15 is 0 Å². The first kappa shape index (κ1) is 9.04. The summed E-state index contributed by atoms with van der Waals surface area (Å²) in [6.45, 7) is 7.35. The Bertz CT molecular complexity index is 243. The van der Waals surface area contributed by atoms with Crippen molar-refractivity contribution in [3.05, 3.63) is 24.0 Å². The van der Waals surface area contributed by atoms with Crippen molar-refractivity contribution in [2.24, 2.45) is 0 Å². The highest BCUT2D eigenvalue weighted by Gasteiger charge is 2.00. The number of aromatic nitrogens is 1. The van der Waals surface area contributed by atoms with Crippen molar-refractivity contribution in [1.29, 1.82) is 0 Å². The summed E-state index contributed by atoms with van der Waals surface area (Å²) in [7, 11) is 0. The maximum atomic E-state index is 4.28. The van der Waals surface area contributed by atoms with E-state index in [0.29, 0.717) is 5.92 Å². The van der Waals surface area contributed by atoms with Crippen LogP contribution in [0.1, 0.15) is 32.4 Å². The van der Waals surface area contributed by atoms with Gasteiger partial charge in [0, 0.05) is 24.1 Å². The average Bonchev–Trinajstić information content (AvgIpc) is 2.05. The van der Waals surface area contributed by atoms with E-state index in [-0.39, 0.29) is 0 Å². The van der Waals surface area contributed by atoms with E-state index in [1.807, 2.05) is 12.3 Å². The third-order valence-corrected chi connectivity index (χ3v) is 1.75. The van der Waals surface area contributed by atoms with Crippen molar-refractivity contribution in [3.8, 4) is 0 Å². The van der Waals surface area contributed by atoms with Gasteiger partial charge in [-0.3, -0.25) is 4.98 Å². The Morgan fingerprint density at radius 3 is 2.83 bits per heavy atom. The minimum atomic E-state index is 0.503. The first-order chi connectivity index (χ1) is 5.74. The Hall–Kier alpha value is -1.05. The second-order valence-electron chi connectivity index (χ2n) is 3.15. The lowest BCUT2D eigenvalue weighted by atomic mass is 10.1. The van der Waals surface area contributed by atoms with Crippen molar-refractivity contribution in [1.82, 2.24) is 4.98 Å². The lowest BCUT2D eigenvalue weighted by molar-refractivity contribution is 0.823. The van der Waals surface area contributed by atoms with Gasteiger partial charge in [-0.05, 0) is 25.0 Å². The predicted octanol–water partition coefficient (Wildman–Crippen LogP) is 2.64. The lowest BCUT2D eigenvalue weighted by Gasteiger charge is -2.07.